The van der Waals surface area contributed by atoms with Gasteiger partial charge < -0.3 is 14.4 Å². The molecule has 1 fully saturated rings. The van der Waals surface area contributed by atoms with Gasteiger partial charge in [0.15, 0.2) is 11.5 Å². The maximum Gasteiger partial charge on any atom is 0.163 e. The van der Waals surface area contributed by atoms with E-state index in [2.05, 4.69) is 22.0 Å². The lowest BCUT2D eigenvalue weighted by Gasteiger charge is -2.27. The van der Waals surface area contributed by atoms with Gasteiger partial charge in [-0.05, 0) is 61.6 Å². The lowest BCUT2D eigenvalue weighted by Crippen LogP contribution is -2.18. The first-order valence-electron chi connectivity index (χ1n) is 10.0. The number of hydrogen-bond donors (Lipinski definition) is 0. The third-order valence-corrected chi connectivity index (χ3v) is 5.58. The molecule has 1 aromatic heterocycles. The van der Waals surface area contributed by atoms with Crippen LogP contribution in [0.2, 0.25) is 5.02 Å². The summed E-state index contributed by atoms with van der Waals surface area (Å²) in [6, 6.07) is 17.9. The standard InChI is InChI=1S/C24H25ClN2O2/c1-28-23-13-12-19(15-24(23)29-20-8-2-3-9-20)27(17-18-7-6-14-26-16-18)22-11-5-4-10-21(22)25/h4-7,10-16,20H,2-3,8-9,17H2,1H3. The van der Waals surface area contributed by atoms with Gasteiger partial charge in [-0.15, -0.1) is 0 Å². The number of para-hydroxylation sites is 1. The first-order valence-corrected chi connectivity index (χ1v) is 10.4. The molecule has 0 atom stereocenters. The summed E-state index contributed by atoms with van der Waals surface area (Å²) >= 11 is 6.56. The van der Waals surface area contributed by atoms with Gasteiger partial charge >= 0.3 is 0 Å². The minimum Gasteiger partial charge on any atom is -0.493 e. The molecule has 4 nitrogen and oxygen atoms in total. The fourth-order valence-electron chi connectivity index (χ4n) is 3.77. The zero-order valence-corrected chi connectivity index (χ0v) is 17.3. The second-order valence-electron chi connectivity index (χ2n) is 7.26. The van der Waals surface area contributed by atoms with Gasteiger partial charge in [0.2, 0.25) is 0 Å². The number of hydrogen-bond acceptors (Lipinski definition) is 4. The Morgan fingerprint density at radius 1 is 1.03 bits per heavy atom. The van der Waals surface area contributed by atoms with E-state index in [0.29, 0.717) is 11.6 Å². The van der Waals surface area contributed by atoms with Gasteiger partial charge in [-0.1, -0.05) is 29.8 Å². The Kier molecular flexibility index (Phi) is 6.20. The monoisotopic (exact) mass is 408 g/mol. The van der Waals surface area contributed by atoms with Gasteiger partial charge in [0, 0.05) is 30.7 Å². The minimum atomic E-state index is 0.256. The molecule has 150 valence electrons. The van der Waals surface area contributed by atoms with E-state index in [-0.39, 0.29) is 6.10 Å². The molecule has 1 aliphatic carbocycles. The largest absolute Gasteiger partial charge is 0.493 e. The van der Waals surface area contributed by atoms with E-state index in [1.54, 1.807) is 13.3 Å². The highest BCUT2D eigenvalue weighted by Crippen LogP contribution is 2.39. The fourth-order valence-corrected chi connectivity index (χ4v) is 4.01. The van der Waals surface area contributed by atoms with Crippen LogP contribution in [0.5, 0.6) is 11.5 Å². The quantitative estimate of drug-likeness (QED) is 0.452. The van der Waals surface area contributed by atoms with Crippen molar-refractivity contribution in [2.24, 2.45) is 0 Å². The summed E-state index contributed by atoms with van der Waals surface area (Å²) in [7, 11) is 1.68. The molecule has 0 spiro atoms. The number of benzene rings is 2. The van der Waals surface area contributed by atoms with Crippen LogP contribution >= 0.6 is 11.6 Å². The minimum absolute atomic E-state index is 0.256. The van der Waals surface area contributed by atoms with E-state index in [0.717, 1.165) is 41.3 Å². The average molecular weight is 409 g/mol. The van der Waals surface area contributed by atoms with Crippen LogP contribution in [0.15, 0.2) is 67.0 Å². The van der Waals surface area contributed by atoms with Gasteiger partial charge in [-0.2, -0.15) is 0 Å². The van der Waals surface area contributed by atoms with Crippen molar-refractivity contribution in [1.29, 1.82) is 0 Å². The third kappa shape index (κ3) is 4.65. The van der Waals surface area contributed by atoms with Crippen molar-refractivity contribution in [1.82, 2.24) is 4.98 Å². The van der Waals surface area contributed by atoms with E-state index in [1.165, 1.54) is 12.8 Å². The van der Waals surface area contributed by atoms with Crippen LogP contribution in [-0.2, 0) is 6.54 Å². The van der Waals surface area contributed by atoms with E-state index in [9.17, 15) is 0 Å². The van der Waals surface area contributed by atoms with Gasteiger partial charge in [0.1, 0.15) is 0 Å². The summed E-state index contributed by atoms with van der Waals surface area (Å²) in [5, 5.41) is 0.700. The predicted octanol–water partition coefficient (Wildman–Crippen LogP) is 6.40. The molecule has 0 N–H and O–H groups in total. The summed E-state index contributed by atoms with van der Waals surface area (Å²) in [6.07, 6.45) is 8.55. The Balaban J connectivity index is 1.72. The van der Waals surface area contributed by atoms with Crippen molar-refractivity contribution in [2.75, 3.05) is 12.0 Å². The van der Waals surface area contributed by atoms with Crippen LogP contribution in [0.25, 0.3) is 0 Å². The molecule has 1 saturated carbocycles. The lowest BCUT2D eigenvalue weighted by molar-refractivity contribution is 0.201. The molecule has 1 aliphatic rings. The molecule has 1 heterocycles. The van der Waals surface area contributed by atoms with Crippen molar-refractivity contribution < 1.29 is 9.47 Å². The molecule has 5 heteroatoms. The highest BCUT2D eigenvalue weighted by molar-refractivity contribution is 6.33. The lowest BCUT2D eigenvalue weighted by atomic mass is 10.1. The predicted molar refractivity (Wildman–Crippen MR) is 117 cm³/mol. The van der Waals surface area contributed by atoms with Crippen LogP contribution in [0.4, 0.5) is 11.4 Å². The smallest absolute Gasteiger partial charge is 0.163 e. The average Bonchev–Trinajstić information content (AvgIpc) is 3.26. The topological polar surface area (TPSA) is 34.6 Å². The number of pyridine rings is 1. The molecule has 0 aliphatic heterocycles. The Hall–Kier alpha value is -2.72. The van der Waals surface area contributed by atoms with Crippen LogP contribution in [0.3, 0.4) is 0 Å². The molecule has 3 aromatic rings. The van der Waals surface area contributed by atoms with Crippen molar-refractivity contribution in [3.63, 3.8) is 0 Å². The number of methoxy groups -OCH3 is 1. The normalized spacial score (nSPS) is 14.0. The number of halogens is 1. The SMILES string of the molecule is COc1ccc(N(Cc2cccnc2)c2ccccc2Cl)cc1OC1CCCC1. The van der Waals surface area contributed by atoms with E-state index < -0.39 is 0 Å². The van der Waals surface area contributed by atoms with Crippen molar-refractivity contribution in [3.05, 3.63) is 77.6 Å². The molecule has 0 bridgehead atoms. The Bertz CT molecular complexity index is 943. The Morgan fingerprint density at radius 2 is 1.86 bits per heavy atom. The van der Waals surface area contributed by atoms with Crippen molar-refractivity contribution in [2.45, 2.75) is 38.3 Å². The first kappa shape index (κ1) is 19.6. The number of aromatic nitrogens is 1. The van der Waals surface area contributed by atoms with Crippen molar-refractivity contribution in [3.8, 4) is 11.5 Å². The maximum absolute atomic E-state index is 6.56. The number of nitrogens with zero attached hydrogens (tertiary/aromatic N) is 2. The summed E-state index contributed by atoms with van der Waals surface area (Å²) in [5.74, 6) is 1.53. The summed E-state index contributed by atoms with van der Waals surface area (Å²) < 4.78 is 11.9. The van der Waals surface area contributed by atoms with Crippen LogP contribution < -0.4 is 14.4 Å². The Morgan fingerprint density at radius 3 is 2.59 bits per heavy atom. The number of rotatable bonds is 7. The van der Waals surface area contributed by atoms with Crippen LogP contribution in [0.1, 0.15) is 31.2 Å². The van der Waals surface area contributed by atoms with Gasteiger partial charge in [-0.25, -0.2) is 0 Å². The fraction of sp³-hybridized carbons (Fsp3) is 0.292. The number of anilines is 2. The molecule has 2 aromatic carbocycles. The molecular formula is C24H25ClN2O2. The van der Waals surface area contributed by atoms with E-state index in [4.69, 9.17) is 21.1 Å². The van der Waals surface area contributed by atoms with Gasteiger partial charge in [0.05, 0.1) is 23.9 Å². The Labute approximate surface area is 177 Å². The van der Waals surface area contributed by atoms with E-state index >= 15 is 0 Å². The summed E-state index contributed by atoms with van der Waals surface area (Å²) in [6.45, 7) is 0.646. The zero-order valence-electron chi connectivity index (χ0n) is 16.6. The third-order valence-electron chi connectivity index (χ3n) is 5.26. The second-order valence-corrected chi connectivity index (χ2v) is 7.67. The molecular weight excluding hydrogens is 384 g/mol. The zero-order chi connectivity index (χ0) is 20.1. The molecule has 0 unspecified atom stereocenters. The molecule has 0 amide bonds. The van der Waals surface area contributed by atoms with E-state index in [1.807, 2.05) is 48.7 Å². The molecule has 0 radical (unpaired) electrons. The highest BCUT2D eigenvalue weighted by atomic mass is 35.5. The highest BCUT2D eigenvalue weighted by Gasteiger charge is 2.20. The number of ether oxygens (including phenoxy) is 2. The summed E-state index contributed by atoms with van der Waals surface area (Å²) in [4.78, 5) is 6.44. The first-order chi connectivity index (χ1) is 14.2. The summed E-state index contributed by atoms with van der Waals surface area (Å²) in [5.41, 5.74) is 3.03. The molecule has 4 rings (SSSR count). The van der Waals surface area contributed by atoms with Crippen molar-refractivity contribution >= 4 is 23.0 Å². The van der Waals surface area contributed by atoms with Gasteiger partial charge in [-0.3, -0.25) is 4.98 Å². The van der Waals surface area contributed by atoms with Crippen LogP contribution in [0, 0.1) is 0 Å². The second kappa shape index (κ2) is 9.19. The maximum atomic E-state index is 6.56. The van der Waals surface area contributed by atoms with Crippen LogP contribution in [-0.4, -0.2) is 18.2 Å². The molecule has 0 saturated heterocycles. The van der Waals surface area contributed by atoms with Gasteiger partial charge in [0.25, 0.3) is 0 Å². The molecule has 29 heavy (non-hydrogen) atoms.